The molecule has 1 fully saturated rings. The number of anilines is 1. The van der Waals surface area contributed by atoms with Crippen molar-refractivity contribution in [1.82, 2.24) is 0 Å². The number of hydrogen-bond acceptors (Lipinski definition) is 5. The summed E-state index contributed by atoms with van der Waals surface area (Å²) in [5.41, 5.74) is 0.113. The molecule has 0 spiro atoms. The minimum absolute atomic E-state index is 0.0311. The minimum Gasteiger partial charge on any atom is -0.452 e. The summed E-state index contributed by atoms with van der Waals surface area (Å²) in [6, 6.07) is 10.1. The molecule has 6 nitrogen and oxygen atoms in total. The second kappa shape index (κ2) is 8.05. The monoisotopic (exact) mass is 409 g/mol. The highest BCUT2D eigenvalue weighted by atomic mass is 32.2. The van der Waals surface area contributed by atoms with Crippen molar-refractivity contribution >= 4 is 27.4 Å². The minimum atomic E-state index is -3.25. The van der Waals surface area contributed by atoms with Crippen LogP contribution in [0.25, 0.3) is 0 Å². The predicted octanol–water partition coefficient (Wildman–Crippen LogP) is 2.34. The first-order chi connectivity index (χ1) is 13.2. The van der Waals surface area contributed by atoms with Crippen molar-refractivity contribution in [1.29, 1.82) is 0 Å². The Bertz CT molecular complexity index is 974. The van der Waals surface area contributed by atoms with Crippen LogP contribution in [0.3, 0.4) is 0 Å². The van der Waals surface area contributed by atoms with Crippen LogP contribution < -0.4 is 4.90 Å². The second-order valence-corrected chi connectivity index (χ2v) is 8.62. The number of ether oxygens (including phenoxy) is 1. The molecule has 1 amide bonds. The SMILES string of the molecule is O=C(OCC(=O)N(c1ccccc1)[C@H]1CCS(=O)(=O)C1)c1cc(F)cc(F)c1. The Morgan fingerprint density at radius 1 is 1.07 bits per heavy atom. The van der Waals surface area contributed by atoms with Crippen LogP contribution in [-0.2, 0) is 19.4 Å². The van der Waals surface area contributed by atoms with E-state index in [2.05, 4.69) is 0 Å². The first kappa shape index (κ1) is 19.9. The third-order valence-corrected chi connectivity index (χ3v) is 6.05. The molecule has 3 rings (SSSR count). The smallest absolute Gasteiger partial charge is 0.338 e. The van der Waals surface area contributed by atoms with Crippen LogP contribution in [0.4, 0.5) is 14.5 Å². The van der Waals surface area contributed by atoms with Crippen LogP contribution in [0.2, 0.25) is 0 Å². The maximum absolute atomic E-state index is 13.2. The van der Waals surface area contributed by atoms with Gasteiger partial charge in [-0.2, -0.15) is 0 Å². The summed E-state index contributed by atoms with van der Waals surface area (Å²) in [6.07, 6.45) is 0.270. The largest absolute Gasteiger partial charge is 0.452 e. The molecule has 1 atom stereocenters. The number of esters is 1. The molecule has 0 aliphatic carbocycles. The van der Waals surface area contributed by atoms with Crippen LogP contribution in [-0.4, -0.2) is 44.4 Å². The lowest BCUT2D eigenvalue weighted by molar-refractivity contribution is -0.122. The lowest BCUT2D eigenvalue weighted by Crippen LogP contribution is -2.43. The summed E-state index contributed by atoms with van der Waals surface area (Å²) < 4.78 is 55.0. The maximum Gasteiger partial charge on any atom is 0.338 e. The van der Waals surface area contributed by atoms with E-state index >= 15 is 0 Å². The Morgan fingerprint density at radius 2 is 1.71 bits per heavy atom. The number of nitrogens with zero attached hydrogens (tertiary/aromatic N) is 1. The first-order valence-corrected chi connectivity index (χ1v) is 10.3. The number of para-hydroxylation sites is 1. The molecule has 2 aromatic carbocycles. The van der Waals surface area contributed by atoms with E-state index in [1.54, 1.807) is 30.3 Å². The van der Waals surface area contributed by atoms with Crippen molar-refractivity contribution < 1.29 is 31.5 Å². The number of halogens is 2. The van der Waals surface area contributed by atoms with E-state index in [0.717, 1.165) is 12.1 Å². The van der Waals surface area contributed by atoms with Gasteiger partial charge in [0.2, 0.25) is 0 Å². The van der Waals surface area contributed by atoms with E-state index in [-0.39, 0.29) is 23.5 Å². The van der Waals surface area contributed by atoms with Gasteiger partial charge in [0.15, 0.2) is 16.4 Å². The number of benzene rings is 2. The van der Waals surface area contributed by atoms with Crippen molar-refractivity contribution in [3.05, 3.63) is 65.7 Å². The van der Waals surface area contributed by atoms with Crippen molar-refractivity contribution in [2.75, 3.05) is 23.0 Å². The van der Waals surface area contributed by atoms with Gasteiger partial charge < -0.3 is 9.64 Å². The molecule has 0 unspecified atom stereocenters. The van der Waals surface area contributed by atoms with Crippen molar-refractivity contribution in [3.8, 4) is 0 Å². The predicted molar refractivity (Wildman–Crippen MR) is 97.6 cm³/mol. The fourth-order valence-corrected chi connectivity index (χ4v) is 4.78. The number of amides is 1. The van der Waals surface area contributed by atoms with Gasteiger partial charge in [0, 0.05) is 11.8 Å². The fourth-order valence-electron chi connectivity index (χ4n) is 3.08. The highest BCUT2D eigenvalue weighted by Gasteiger charge is 2.35. The summed E-state index contributed by atoms with van der Waals surface area (Å²) >= 11 is 0. The van der Waals surface area contributed by atoms with E-state index in [1.807, 2.05) is 0 Å². The van der Waals surface area contributed by atoms with Crippen LogP contribution >= 0.6 is 0 Å². The van der Waals surface area contributed by atoms with Gasteiger partial charge in [-0.15, -0.1) is 0 Å². The number of hydrogen-bond donors (Lipinski definition) is 0. The standard InChI is InChI=1S/C19H17F2NO5S/c20-14-8-13(9-15(21)10-14)19(24)27-11-18(23)22(16-4-2-1-3-5-16)17-6-7-28(25,26)12-17/h1-5,8-10,17H,6-7,11-12H2/t17-/m0/s1. The highest BCUT2D eigenvalue weighted by Crippen LogP contribution is 2.24. The molecular weight excluding hydrogens is 392 g/mol. The molecule has 0 bridgehead atoms. The van der Waals surface area contributed by atoms with E-state index in [1.165, 1.54) is 4.90 Å². The van der Waals surface area contributed by atoms with Gasteiger partial charge in [0.05, 0.1) is 23.1 Å². The lowest BCUT2D eigenvalue weighted by Gasteiger charge is -2.28. The zero-order valence-corrected chi connectivity index (χ0v) is 15.5. The summed E-state index contributed by atoms with van der Waals surface area (Å²) in [5.74, 6) is -3.79. The molecular formula is C19H17F2NO5S. The van der Waals surface area contributed by atoms with Gasteiger partial charge in [-0.3, -0.25) is 4.79 Å². The lowest BCUT2D eigenvalue weighted by atomic mass is 10.2. The molecule has 0 saturated carbocycles. The first-order valence-electron chi connectivity index (χ1n) is 8.46. The summed E-state index contributed by atoms with van der Waals surface area (Å²) in [6.45, 7) is -0.692. The Balaban J connectivity index is 1.75. The quantitative estimate of drug-likeness (QED) is 0.708. The van der Waals surface area contributed by atoms with Gasteiger partial charge >= 0.3 is 5.97 Å². The average molecular weight is 409 g/mol. The number of sulfone groups is 1. The maximum atomic E-state index is 13.2. The van der Waals surface area contributed by atoms with Crippen LogP contribution in [0.15, 0.2) is 48.5 Å². The molecule has 1 heterocycles. The summed E-state index contributed by atoms with van der Waals surface area (Å²) in [5, 5.41) is 0. The third kappa shape index (κ3) is 4.72. The van der Waals surface area contributed by atoms with Crippen molar-refractivity contribution in [3.63, 3.8) is 0 Å². The van der Waals surface area contributed by atoms with E-state index in [0.29, 0.717) is 11.8 Å². The van der Waals surface area contributed by atoms with Crippen molar-refractivity contribution in [2.45, 2.75) is 12.5 Å². The zero-order valence-electron chi connectivity index (χ0n) is 14.7. The Labute approximate surface area is 160 Å². The fraction of sp³-hybridized carbons (Fsp3) is 0.263. The van der Waals surface area contributed by atoms with Gasteiger partial charge in [-0.25, -0.2) is 22.0 Å². The molecule has 1 saturated heterocycles. The molecule has 148 valence electrons. The zero-order chi connectivity index (χ0) is 20.3. The van der Waals surface area contributed by atoms with E-state index < -0.39 is 46.0 Å². The number of rotatable bonds is 5. The Kier molecular flexibility index (Phi) is 5.73. The van der Waals surface area contributed by atoms with E-state index in [4.69, 9.17) is 4.74 Å². The normalized spacial score (nSPS) is 17.9. The Morgan fingerprint density at radius 3 is 2.29 bits per heavy atom. The topological polar surface area (TPSA) is 80.8 Å². The summed E-state index contributed by atoms with van der Waals surface area (Å²) in [4.78, 5) is 26.0. The van der Waals surface area contributed by atoms with Gasteiger partial charge in [-0.1, -0.05) is 18.2 Å². The van der Waals surface area contributed by atoms with Crippen molar-refractivity contribution in [2.24, 2.45) is 0 Å². The van der Waals surface area contributed by atoms with Crippen LogP contribution in [0, 0.1) is 11.6 Å². The Hall–Kier alpha value is -2.81. The molecule has 2 aromatic rings. The molecule has 28 heavy (non-hydrogen) atoms. The van der Waals surface area contributed by atoms with Gasteiger partial charge in [0.1, 0.15) is 11.6 Å². The third-order valence-electron chi connectivity index (χ3n) is 4.30. The molecule has 1 aliphatic heterocycles. The van der Waals surface area contributed by atoms with Crippen LogP contribution in [0.5, 0.6) is 0 Å². The summed E-state index contributed by atoms with van der Waals surface area (Å²) in [7, 11) is -3.25. The molecule has 1 aliphatic rings. The van der Waals surface area contributed by atoms with E-state index in [9.17, 15) is 26.8 Å². The highest BCUT2D eigenvalue weighted by molar-refractivity contribution is 7.91. The molecule has 0 aromatic heterocycles. The molecule has 9 heteroatoms. The van der Waals surface area contributed by atoms with Gasteiger partial charge in [-0.05, 0) is 30.7 Å². The molecule has 0 N–H and O–H groups in total. The number of carbonyl (C=O) groups is 2. The average Bonchev–Trinajstić information content (AvgIpc) is 2.99. The number of carbonyl (C=O) groups excluding carboxylic acids is 2. The van der Waals surface area contributed by atoms with Crippen LogP contribution in [0.1, 0.15) is 16.8 Å². The second-order valence-electron chi connectivity index (χ2n) is 6.39. The van der Waals surface area contributed by atoms with Gasteiger partial charge in [0.25, 0.3) is 5.91 Å². The molecule has 0 radical (unpaired) electrons.